The van der Waals surface area contributed by atoms with E-state index in [1.807, 2.05) is 36.5 Å². The molecule has 2 amide bonds. The van der Waals surface area contributed by atoms with Gasteiger partial charge in [-0.1, -0.05) is 6.92 Å². The predicted molar refractivity (Wildman–Crippen MR) is 93.3 cm³/mol. The Bertz CT molecular complexity index is 660. The molecule has 7 nitrogen and oxygen atoms in total. The number of carbonyl (C=O) groups is 1. The molecule has 0 saturated carbocycles. The largest absolute Gasteiger partial charge is 0.464 e. The Morgan fingerprint density at radius 2 is 2.24 bits per heavy atom. The third-order valence-electron chi connectivity index (χ3n) is 4.70. The molecule has 0 spiro atoms. The number of methoxy groups -OCH3 is 1. The number of aromatic nitrogens is 2. The van der Waals surface area contributed by atoms with Gasteiger partial charge in [0.25, 0.3) is 0 Å². The van der Waals surface area contributed by atoms with Crippen LogP contribution in [0, 0.1) is 0 Å². The number of amides is 2. The van der Waals surface area contributed by atoms with Gasteiger partial charge in [-0.2, -0.15) is 0 Å². The number of rotatable bonds is 6. The smallest absolute Gasteiger partial charge is 0.318 e. The first-order chi connectivity index (χ1) is 12.2. The van der Waals surface area contributed by atoms with Gasteiger partial charge in [0.15, 0.2) is 0 Å². The number of nitrogens with one attached hydrogen (secondary N) is 1. The van der Waals surface area contributed by atoms with E-state index in [0.717, 1.165) is 43.9 Å². The molecule has 7 heteroatoms. The lowest BCUT2D eigenvalue weighted by Crippen LogP contribution is -2.46. The van der Waals surface area contributed by atoms with Crippen LogP contribution in [-0.2, 0) is 11.2 Å². The summed E-state index contributed by atoms with van der Waals surface area (Å²) in [7, 11) is 1.62. The molecule has 1 atom stereocenters. The Hall–Kier alpha value is -2.28. The first kappa shape index (κ1) is 17.5. The number of urea groups is 1. The van der Waals surface area contributed by atoms with Crippen LogP contribution in [0.15, 0.2) is 35.3 Å². The number of ether oxygens (including phenoxy) is 1. The standard InChI is InChI=1S/C18H26N4O3/c1-3-15-4-5-17(25-15)16(12-24-2)20-18(23)21-9-6-14(7-10-21)22-11-8-19-13-22/h4-5,8,11,13-14,16H,3,6-7,9-10,12H2,1-2H3,(H,20,23)/t16-/m1/s1. The average molecular weight is 346 g/mol. The zero-order valence-corrected chi connectivity index (χ0v) is 14.9. The highest BCUT2D eigenvalue weighted by molar-refractivity contribution is 5.74. The summed E-state index contributed by atoms with van der Waals surface area (Å²) in [6.07, 6.45) is 8.31. The lowest BCUT2D eigenvalue weighted by molar-refractivity contribution is 0.138. The minimum absolute atomic E-state index is 0.0689. The van der Waals surface area contributed by atoms with Crippen molar-refractivity contribution in [2.24, 2.45) is 0 Å². The molecule has 2 aromatic rings. The van der Waals surface area contributed by atoms with Gasteiger partial charge in [-0.05, 0) is 25.0 Å². The number of aryl methyl sites for hydroxylation is 1. The third-order valence-corrected chi connectivity index (χ3v) is 4.70. The van der Waals surface area contributed by atoms with Crippen molar-refractivity contribution in [3.05, 3.63) is 42.4 Å². The van der Waals surface area contributed by atoms with Crippen molar-refractivity contribution in [1.29, 1.82) is 0 Å². The first-order valence-corrected chi connectivity index (χ1v) is 8.81. The van der Waals surface area contributed by atoms with Crippen LogP contribution in [0.4, 0.5) is 4.79 Å². The zero-order chi connectivity index (χ0) is 17.6. The number of imidazole rings is 1. The van der Waals surface area contributed by atoms with Gasteiger partial charge in [0, 0.05) is 45.1 Å². The Morgan fingerprint density at radius 1 is 1.44 bits per heavy atom. The maximum Gasteiger partial charge on any atom is 0.318 e. The lowest BCUT2D eigenvalue weighted by atomic mass is 10.1. The van der Waals surface area contributed by atoms with Crippen LogP contribution in [0.25, 0.3) is 0 Å². The fourth-order valence-corrected chi connectivity index (χ4v) is 3.23. The van der Waals surface area contributed by atoms with Crippen LogP contribution in [0.3, 0.4) is 0 Å². The van der Waals surface area contributed by atoms with E-state index < -0.39 is 0 Å². The van der Waals surface area contributed by atoms with E-state index in [1.165, 1.54) is 0 Å². The summed E-state index contributed by atoms with van der Waals surface area (Å²) in [5, 5.41) is 3.04. The predicted octanol–water partition coefficient (Wildman–Crippen LogP) is 2.77. The van der Waals surface area contributed by atoms with Crippen LogP contribution in [0.5, 0.6) is 0 Å². The third kappa shape index (κ3) is 4.22. The van der Waals surface area contributed by atoms with Gasteiger partial charge >= 0.3 is 6.03 Å². The van der Waals surface area contributed by atoms with Gasteiger partial charge < -0.3 is 23.9 Å². The highest BCUT2D eigenvalue weighted by atomic mass is 16.5. The highest BCUT2D eigenvalue weighted by Crippen LogP contribution is 2.23. The summed E-state index contributed by atoms with van der Waals surface area (Å²) in [6, 6.07) is 3.93. The van der Waals surface area contributed by atoms with Crippen LogP contribution < -0.4 is 5.32 Å². The molecule has 0 aromatic carbocycles. The summed E-state index contributed by atoms with van der Waals surface area (Å²) in [4.78, 5) is 18.6. The summed E-state index contributed by atoms with van der Waals surface area (Å²) in [5.41, 5.74) is 0. The van der Waals surface area contributed by atoms with E-state index in [2.05, 4.69) is 14.9 Å². The second-order valence-corrected chi connectivity index (χ2v) is 6.34. The van der Waals surface area contributed by atoms with Gasteiger partial charge in [0.2, 0.25) is 0 Å². The monoisotopic (exact) mass is 346 g/mol. The van der Waals surface area contributed by atoms with E-state index in [-0.39, 0.29) is 12.1 Å². The molecule has 1 aliphatic heterocycles. The Balaban J connectivity index is 1.56. The number of nitrogens with zero attached hydrogens (tertiary/aromatic N) is 3. The molecule has 1 aliphatic rings. The topological polar surface area (TPSA) is 72.5 Å². The molecule has 1 fully saturated rings. The van der Waals surface area contributed by atoms with E-state index in [9.17, 15) is 4.79 Å². The molecule has 2 aromatic heterocycles. The number of piperidine rings is 1. The summed E-state index contributed by atoms with van der Waals surface area (Å²) < 4.78 is 13.2. The highest BCUT2D eigenvalue weighted by Gasteiger charge is 2.26. The van der Waals surface area contributed by atoms with Gasteiger partial charge in [-0.15, -0.1) is 0 Å². The fraction of sp³-hybridized carbons (Fsp3) is 0.556. The van der Waals surface area contributed by atoms with Crippen LogP contribution >= 0.6 is 0 Å². The molecule has 1 N–H and O–H groups in total. The van der Waals surface area contributed by atoms with Gasteiger partial charge in [-0.25, -0.2) is 9.78 Å². The molecule has 136 valence electrons. The van der Waals surface area contributed by atoms with Crippen molar-refractivity contribution in [1.82, 2.24) is 19.8 Å². The molecule has 0 aliphatic carbocycles. The molecule has 3 rings (SSSR count). The summed E-state index contributed by atoms with van der Waals surface area (Å²) in [6.45, 7) is 3.88. The minimum Gasteiger partial charge on any atom is -0.464 e. The van der Waals surface area contributed by atoms with E-state index in [1.54, 1.807) is 13.3 Å². The Labute approximate surface area is 148 Å². The fourth-order valence-electron chi connectivity index (χ4n) is 3.23. The number of hydrogen-bond donors (Lipinski definition) is 1. The number of hydrogen-bond acceptors (Lipinski definition) is 4. The van der Waals surface area contributed by atoms with Crippen molar-refractivity contribution in [3.8, 4) is 0 Å². The van der Waals surface area contributed by atoms with Crippen molar-refractivity contribution >= 4 is 6.03 Å². The van der Waals surface area contributed by atoms with Crippen LogP contribution in [-0.4, -0.2) is 47.3 Å². The van der Waals surface area contributed by atoms with Gasteiger partial charge in [-0.3, -0.25) is 0 Å². The van der Waals surface area contributed by atoms with E-state index in [0.29, 0.717) is 12.6 Å². The second kappa shape index (κ2) is 8.20. The maximum atomic E-state index is 12.6. The number of furan rings is 1. The lowest BCUT2D eigenvalue weighted by Gasteiger charge is -2.33. The van der Waals surface area contributed by atoms with Crippen molar-refractivity contribution in [2.45, 2.75) is 38.3 Å². The van der Waals surface area contributed by atoms with Crippen LogP contribution in [0.1, 0.15) is 43.4 Å². The normalized spacial score (nSPS) is 16.8. The summed E-state index contributed by atoms with van der Waals surface area (Å²) in [5.74, 6) is 1.65. The average Bonchev–Trinajstić information content (AvgIpc) is 3.33. The molecule has 3 heterocycles. The number of carbonyl (C=O) groups excluding carboxylic acids is 1. The van der Waals surface area contributed by atoms with Crippen LogP contribution in [0.2, 0.25) is 0 Å². The van der Waals surface area contributed by atoms with E-state index in [4.69, 9.17) is 9.15 Å². The maximum absolute atomic E-state index is 12.6. The molecule has 0 unspecified atom stereocenters. The molecule has 0 radical (unpaired) electrons. The molecule has 0 bridgehead atoms. The van der Waals surface area contributed by atoms with E-state index >= 15 is 0 Å². The number of likely N-dealkylation sites (tertiary alicyclic amines) is 1. The van der Waals surface area contributed by atoms with Gasteiger partial charge in [0.1, 0.15) is 17.6 Å². The second-order valence-electron chi connectivity index (χ2n) is 6.34. The summed E-state index contributed by atoms with van der Waals surface area (Å²) >= 11 is 0. The molecular formula is C18H26N4O3. The van der Waals surface area contributed by atoms with Gasteiger partial charge in [0.05, 0.1) is 12.9 Å². The van der Waals surface area contributed by atoms with Crippen molar-refractivity contribution < 1.29 is 13.9 Å². The molecular weight excluding hydrogens is 320 g/mol. The SMILES string of the molecule is CCc1ccc([C@@H](COC)NC(=O)N2CCC(n3ccnc3)CC2)o1. The zero-order valence-electron chi connectivity index (χ0n) is 14.9. The minimum atomic E-state index is -0.274. The Morgan fingerprint density at radius 3 is 2.84 bits per heavy atom. The van der Waals surface area contributed by atoms with Crippen molar-refractivity contribution in [2.75, 3.05) is 26.8 Å². The van der Waals surface area contributed by atoms with Crippen molar-refractivity contribution in [3.63, 3.8) is 0 Å². The first-order valence-electron chi connectivity index (χ1n) is 8.81. The molecule has 25 heavy (non-hydrogen) atoms. The molecule has 1 saturated heterocycles. The Kier molecular flexibility index (Phi) is 5.75. The quantitative estimate of drug-likeness (QED) is 0.873.